The molecule has 0 saturated carbocycles. The van der Waals surface area contributed by atoms with Crippen molar-refractivity contribution in [3.05, 3.63) is 21.8 Å². The van der Waals surface area contributed by atoms with Gasteiger partial charge in [-0.2, -0.15) is 31.0 Å². The van der Waals surface area contributed by atoms with Gasteiger partial charge in [-0.25, -0.2) is 9.97 Å². The predicted octanol–water partition coefficient (Wildman–Crippen LogP) is 0.210. The van der Waals surface area contributed by atoms with Crippen LogP contribution in [-0.2, 0) is 0 Å². The molecule has 0 saturated heterocycles. The zero-order valence-electron chi connectivity index (χ0n) is 13.8. The van der Waals surface area contributed by atoms with Gasteiger partial charge in [0.15, 0.2) is 11.4 Å². The van der Waals surface area contributed by atoms with Crippen LogP contribution in [0.5, 0.6) is 0 Å². The van der Waals surface area contributed by atoms with Crippen LogP contribution < -0.4 is 10.4 Å². The van der Waals surface area contributed by atoms with E-state index in [0.29, 0.717) is 44.3 Å². The van der Waals surface area contributed by atoms with Gasteiger partial charge in [0.05, 0.1) is 35.2 Å². The van der Waals surface area contributed by atoms with Crippen LogP contribution in [0.25, 0.3) is 23.2 Å². The summed E-state index contributed by atoms with van der Waals surface area (Å²) in [7, 11) is 0. The van der Waals surface area contributed by atoms with Crippen molar-refractivity contribution in [3.8, 4) is 24.5 Å². The van der Waals surface area contributed by atoms with Gasteiger partial charge in [-0.1, -0.05) is 0 Å². The van der Waals surface area contributed by atoms with Crippen molar-refractivity contribution in [2.45, 2.75) is 0 Å². The molecule has 2 aliphatic rings. The van der Waals surface area contributed by atoms with E-state index in [4.69, 9.17) is 10.5 Å². The van der Waals surface area contributed by atoms with Crippen LogP contribution in [0.15, 0.2) is 20.0 Å². The standard InChI is InChI=1S/C18H4N10/c19-3-13-14(4-20)28-18-12-2-10(26-8-22)6-24-16(12)15-11(17(18)27-13)1-9(5-23-15)25-7-21/h1-2,5-6H/b25-9-,26-10-. The largest absolute Gasteiger partial charge is 0.252 e. The van der Waals surface area contributed by atoms with Gasteiger partial charge in [0.1, 0.15) is 23.2 Å². The number of fused-ring (bicyclic) bond motifs is 6. The van der Waals surface area contributed by atoms with Crippen LogP contribution in [0.2, 0.25) is 0 Å². The summed E-state index contributed by atoms with van der Waals surface area (Å²) in [6.45, 7) is 0. The molecular weight excluding hydrogens is 356 g/mol. The molecule has 0 unspecified atom stereocenters. The molecule has 0 fully saturated rings. The third kappa shape index (κ3) is 2.40. The molecule has 10 heteroatoms. The highest BCUT2D eigenvalue weighted by Gasteiger charge is 2.20. The highest BCUT2D eigenvalue weighted by Crippen LogP contribution is 2.25. The Morgan fingerprint density at radius 1 is 0.679 bits per heavy atom. The Morgan fingerprint density at radius 3 is 1.46 bits per heavy atom. The maximum absolute atomic E-state index is 9.30. The average molecular weight is 360 g/mol. The van der Waals surface area contributed by atoms with E-state index in [1.165, 1.54) is 12.4 Å². The molecule has 0 atom stereocenters. The van der Waals surface area contributed by atoms with E-state index in [1.807, 2.05) is 12.1 Å². The van der Waals surface area contributed by atoms with Gasteiger partial charge in [0.25, 0.3) is 0 Å². The summed E-state index contributed by atoms with van der Waals surface area (Å²) >= 11 is 0. The lowest BCUT2D eigenvalue weighted by molar-refractivity contribution is 1.18. The molecule has 0 amide bonds. The third-order valence-corrected chi connectivity index (χ3v) is 3.95. The summed E-state index contributed by atoms with van der Waals surface area (Å²) in [5.74, 6) is 0. The molecule has 1 aromatic carbocycles. The fraction of sp³-hybridized carbons (Fsp3) is 0. The molecule has 4 rings (SSSR count). The first-order valence-corrected chi connectivity index (χ1v) is 7.63. The Labute approximate surface area is 156 Å². The van der Waals surface area contributed by atoms with Gasteiger partial charge in [-0.15, -0.1) is 0 Å². The minimum absolute atomic E-state index is 0.135. The molecule has 1 aromatic heterocycles. The third-order valence-electron chi connectivity index (χ3n) is 3.95. The van der Waals surface area contributed by atoms with Gasteiger partial charge in [-0.05, 0) is 12.2 Å². The van der Waals surface area contributed by atoms with Crippen LogP contribution >= 0.6 is 0 Å². The number of hydrogen-bond acceptors (Lipinski definition) is 10. The molecule has 0 radical (unpaired) electrons. The second kappa shape index (κ2) is 6.34. The minimum Gasteiger partial charge on any atom is -0.252 e. The van der Waals surface area contributed by atoms with Crippen LogP contribution in [0.1, 0.15) is 11.4 Å². The van der Waals surface area contributed by atoms with Crippen molar-refractivity contribution in [2.24, 2.45) is 20.0 Å². The number of nitrogens with zero attached hydrogens (tertiary/aromatic N) is 10. The fourth-order valence-electron chi connectivity index (χ4n) is 2.85. The smallest absolute Gasteiger partial charge is 0.206 e. The lowest BCUT2D eigenvalue weighted by Gasteiger charge is -2.13. The van der Waals surface area contributed by atoms with Gasteiger partial charge in [0.2, 0.25) is 12.4 Å². The van der Waals surface area contributed by atoms with Crippen molar-refractivity contribution in [1.82, 2.24) is 9.97 Å². The monoisotopic (exact) mass is 360 g/mol. The number of benzene rings is 1. The maximum atomic E-state index is 9.30. The minimum atomic E-state index is -0.135. The van der Waals surface area contributed by atoms with Crippen molar-refractivity contribution in [1.29, 1.82) is 21.0 Å². The van der Waals surface area contributed by atoms with Gasteiger partial charge in [-0.3, -0.25) is 9.98 Å². The number of hydrogen-bond donors (Lipinski definition) is 0. The SMILES string of the molecule is N#C/N=C1\C=Nc2c3c(c4nc(C#N)c(C#N)nc4c2=C1)=C/C(=N/C#N)C=N3. The Morgan fingerprint density at radius 2 is 1.11 bits per heavy atom. The number of rotatable bonds is 0. The highest BCUT2D eigenvalue weighted by molar-refractivity contribution is 6.47. The predicted molar refractivity (Wildman–Crippen MR) is 99.5 cm³/mol. The zero-order chi connectivity index (χ0) is 19.7. The molecule has 126 valence electrons. The molecule has 10 nitrogen and oxygen atoms in total. The van der Waals surface area contributed by atoms with Crippen molar-refractivity contribution >= 4 is 58.4 Å². The van der Waals surface area contributed by atoms with Crippen LogP contribution in [0, 0.1) is 45.6 Å². The lowest BCUT2D eigenvalue weighted by atomic mass is 10.0. The summed E-state index contributed by atoms with van der Waals surface area (Å²) in [5, 5.41) is 37.2. The Hall–Kier alpha value is -5.06. The number of nitriles is 4. The van der Waals surface area contributed by atoms with E-state index in [-0.39, 0.29) is 11.4 Å². The number of aromatic nitrogens is 2. The molecule has 28 heavy (non-hydrogen) atoms. The molecule has 0 aliphatic carbocycles. The molecule has 3 heterocycles. The Kier molecular flexibility index (Phi) is 3.72. The van der Waals surface area contributed by atoms with E-state index >= 15 is 0 Å². The second-order valence-corrected chi connectivity index (χ2v) is 5.44. The average Bonchev–Trinajstić information content (AvgIpc) is 2.73. The Balaban J connectivity index is 2.28. The van der Waals surface area contributed by atoms with E-state index < -0.39 is 0 Å². The molecule has 0 N–H and O–H groups in total. The van der Waals surface area contributed by atoms with E-state index in [9.17, 15) is 10.5 Å². The van der Waals surface area contributed by atoms with Crippen LogP contribution in [0.4, 0.5) is 11.4 Å². The summed E-state index contributed by atoms with van der Waals surface area (Å²) in [4.78, 5) is 24.6. The second-order valence-electron chi connectivity index (χ2n) is 5.44. The first-order chi connectivity index (χ1) is 13.7. The van der Waals surface area contributed by atoms with Gasteiger partial charge >= 0.3 is 0 Å². The quantitative estimate of drug-likeness (QED) is 0.608. The topological polar surface area (TPSA) is 170 Å². The normalized spacial score (nSPS) is 16.1. The van der Waals surface area contributed by atoms with Gasteiger partial charge in [0, 0.05) is 10.4 Å². The fourth-order valence-corrected chi connectivity index (χ4v) is 2.85. The highest BCUT2D eigenvalue weighted by atomic mass is 14.9. The molecule has 0 spiro atoms. The zero-order valence-corrected chi connectivity index (χ0v) is 13.8. The van der Waals surface area contributed by atoms with Crippen molar-refractivity contribution in [2.75, 3.05) is 0 Å². The molecule has 2 aromatic rings. The summed E-state index contributed by atoms with van der Waals surface area (Å²) < 4.78 is 0. The van der Waals surface area contributed by atoms with E-state index in [2.05, 4.69) is 29.9 Å². The summed E-state index contributed by atoms with van der Waals surface area (Å²) in [5.41, 5.74) is 1.84. The van der Waals surface area contributed by atoms with Crippen LogP contribution in [-0.4, -0.2) is 33.8 Å². The first-order valence-electron chi connectivity index (χ1n) is 7.63. The van der Waals surface area contributed by atoms with E-state index in [1.54, 1.807) is 24.5 Å². The lowest BCUT2D eigenvalue weighted by Crippen LogP contribution is -2.24. The molecule has 0 bridgehead atoms. The van der Waals surface area contributed by atoms with E-state index in [0.717, 1.165) is 0 Å². The first kappa shape index (κ1) is 16.4. The van der Waals surface area contributed by atoms with Gasteiger partial charge < -0.3 is 0 Å². The summed E-state index contributed by atoms with van der Waals surface area (Å²) in [6, 6.07) is 3.71. The number of aliphatic imine (C=N–C) groups is 4. The van der Waals surface area contributed by atoms with Crippen molar-refractivity contribution < 1.29 is 0 Å². The summed E-state index contributed by atoms with van der Waals surface area (Å²) in [6.07, 6.45) is 9.38. The Bertz CT molecular complexity index is 1380. The maximum Gasteiger partial charge on any atom is 0.206 e. The van der Waals surface area contributed by atoms with Crippen LogP contribution in [0.3, 0.4) is 0 Å². The van der Waals surface area contributed by atoms with Crippen molar-refractivity contribution in [3.63, 3.8) is 0 Å². The molecule has 2 aliphatic heterocycles. The molecular formula is C18H4N10.